The van der Waals surface area contributed by atoms with Gasteiger partial charge in [0.25, 0.3) is 0 Å². The van der Waals surface area contributed by atoms with E-state index in [0.717, 1.165) is 31.4 Å². The van der Waals surface area contributed by atoms with Gasteiger partial charge in [-0.2, -0.15) is 0 Å². The Labute approximate surface area is 104 Å². The molecule has 0 radical (unpaired) electrons. The number of piperidine rings is 1. The second-order valence-electron chi connectivity index (χ2n) is 4.71. The highest BCUT2D eigenvalue weighted by Crippen LogP contribution is 2.11. The zero-order valence-corrected chi connectivity index (χ0v) is 10.8. The molecular weight excluding hydrogens is 216 g/mol. The monoisotopic (exact) mass is 240 g/mol. The van der Waals surface area contributed by atoms with Crippen LogP contribution in [-0.4, -0.2) is 34.8 Å². The van der Waals surface area contributed by atoms with Crippen LogP contribution in [0.25, 0.3) is 0 Å². The number of unbranched alkanes of at least 4 members (excludes halogenated alkanes) is 4. The average Bonchev–Trinajstić information content (AvgIpc) is 2.38. The van der Waals surface area contributed by atoms with Gasteiger partial charge in [0.15, 0.2) is 0 Å². The standard InChI is InChI=1S/C13H24N2O2/c1-2-3-4-5-6-7-13(16)15-10-8-12(14-17)9-11-15/h17H,2-11H2,1H3. The maximum atomic E-state index is 11.8. The average molecular weight is 240 g/mol. The molecule has 0 unspecified atom stereocenters. The fourth-order valence-electron chi connectivity index (χ4n) is 2.15. The van der Waals surface area contributed by atoms with Crippen molar-refractivity contribution in [3.8, 4) is 0 Å². The SMILES string of the molecule is CCCCCCCC(=O)N1CCC(=NO)CC1. The summed E-state index contributed by atoms with van der Waals surface area (Å²) in [5.41, 5.74) is 0.817. The highest BCUT2D eigenvalue weighted by molar-refractivity contribution is 5.87. The molecule has 1 aliphatic rings. The minimum atomic E-state index is 0.262. The van der Waals surface area contributed by atoms with Crippen molar-refractivity contribution >= 4 is 11.6 Å². The quantitative estimate of drug-likeness (QED) is 0.441. The zero-order chi connectivity index (χ0) is 12.5. The van der Waals surface area contributed by atoms with E-state index in [1.807, 2.05) is 4.90 Å². The summed E-state index contributed by atoms with van der Waals surface area (Å²) in [6.45, 7) is 3.62. The maximum Gasteiger partial charge on any atom is 0.222 e. The van der Waals surface area contributed by atoms with Gasteiger partial charge in [-0.1, -0.05) is 37.8 Å². The summed E-state index contributed by atoms with van der Waals surface area (Å²) in [6.07, 6.45) is 8.04. The van der Waals surface area contributed by atoms with Crippen molar-refractivity contribution in [3.63, 3.8) is 0 Å². The normalized spacial score (nSPS) is 16.1. The summed E-state index contributed by atoms with van der Waals surface area (Å²) < 4.78 is 0. The van der Waals surface area contributed by atoms with Crippen LogP contribution in [0.5, 0.6) is 0 Å². The van der Waals surface area contributed by atoms with Gasteiger partial charge in [-0.15, -0.1) is 0 Å². The number of amides is 1. The van der Waals surface area contributed by atoms with Crippen LogP contribution in [0.4, 0.5) is 0 Å². The maximum absolute atomic E-state index is 11.8. The summed E-state index contributed by atoms with van der Waals surface area (Å²) in [6, 6.07) is 0. The first kappa shape index (κ1) is 14.0. The highest BCUT2D eigenvalue weighted by atomic mass is 16.4. The molecule has 1 N–H and O–H groups in total. The number of oxime groups is 1. The van der Waals surface area contributed by atoms with Crippen LogP contribution in [-0.2, 0) is 4.79 Å². The summed E-state index contributed by atoms with van der Waals surface area (Å²) in [7, 11) is 0. The number of carbonyl (C=O) groups is 1. The Morgan fingerprint density at radius 3 is 2.47 bits per heavy atom. The van der Waals surface area contributed by atoms with Gasteiger partial charge < -0.3 is 10.1 Å². The molecule has 0 spiro atoms. The summed E-state index contributed by atoms with van der Waals surface area (Å²) in [4.78, 5) is 13.7. The minimum Gasteiger partial charge on any atom is -0.411 e. The van der Waals surface area contributed by atoms with Crippen LogP contribution in [0.15, 0.2) is 5.16 Å². The second-order valence-corrected chi connectivity index (χ2v) is 4.71. The molecular formula is C13H24N2O2. The van der Waals surface area contributed by atoms with E-state index in [0.29, 0.717) is 19.5 Å². The third-order valence-electron chi connectivity index (χ3n) is 3.33. The lowest BCUT2D eigenvalue weighted by atomic mass is 10.1. The van der Waals surface area contributed by atoms with Gasteiger partial charge >= 0.3 is 0 Å². The van der Waals surface area contributed by atoms with Gasteiger partial charge in [0, 0.05) is 32.4 Å². The van der Waals surface area contributed by atoms with Crippen LogP contribution in [0.2, 0.25) is 0 Å². The lowest BCUT2D eigenvalue weighted by Gasteiger charge is -2.27. The van der Waals surface area contributed by atoms with E-state index in [1.165, 1.54) is 19.3 Å². The summed E-state index contributed by atoms with van der Waals surface area (Å²) >= 11 is 0. The molecule has 0 aromatic heterocycles. The van der Waals surface area contributed by atoms with Gasteiger partial charge in [0.05, 0.1) is 5.71 Å². The Balaban J connectivity index is 2.12. The lowest BCUT2D eigenvalue weighted by molar-refractivity contribution is -0.131. The predicted octanol–water partition coefficient (Wildman–Crippen LogP) is 2.80. The van der Waals surface area contributed by atoms with Gasteiger partial charge in [-0.05, 0) is 6.42 Å². The van der Waals surface area contributed by atoms with Crippen molar-refractivity contribution in [1.82, 2.24) is 4.90 Å². The Bertz CT molecular complexity index is 254. The summed E-state index contributed by atoms with van der Waals surface area (Å²) in [5.74, 6) is 0.262. The van der Waals surface area contributed by atoms with Crippen molar-refractivity contribution in [2.45, 2.75) is 58.3 Å². The smallest absolute Gasteiger partial charge is 0.222 e. The molecule has 1 amide bonds. The molecule has 4 nitrogen and oxygen atoms in total. The molecule has 1 aliphatic heterocycles. The molecule has 98 valence electrons. The fourth-order valence-corrected chi connectivity index (χ4v) is 2.15. The van der Waals surface area contributed by atoms with Crippen molar-refractivity contribution < 1.29 is 10.0 Å². The molecule has 1 rings (SSSR count). The first-order chi connectivity index (χ1) is 8.27. The second kappa shape index (κ2) is 8.09. The van der Waals surface area contributed by atoms with Crippen LogP contribution >= 0.6 is 0 Å². The molecule has 0 saturated carbocycles. The molecule has 1 fully saturated rings. The van der Waals surface area contributed by atoms with Crippen LogP contribution in [0.3, 0.4) is 0 Å². The van der Waals surface area contributed by atoms with Gasteiger partial charge in [0.2, 0.25) is 5.91 Å². The van der Waals surface area contributed by atoms with E-state index >= 15 is 0 Å². The molecule has 17 heavy (non-hydrogen) atoms. The Hall–Kier alpha value is -1.06. The molecule has 0 aliphatic carbocycles. The molecule has 0 aromatic carbocycles. The third-order valence-corrected chi connectivity index (χ3v) is 3.33. The number of nitrogens with zero attached hydrogens (tertiary/aromatic N) is 2. The molecule has 4 heteroatoms. The van der Waals surface area contributed by atoms with Crippen molar-refractivity contribution in [2.24, 2.45) is 5.16 Å². The first-order valence-corrected chi connectivity index (χ1v) is 6.75. The predicted molar refractivity (Wildman–Crippen MR) is 68.4 cm³/mol. The van der Waals surface area contributed by atoms with E-state index in [2.05, 4.69) is 12.1 Å². The van der Waals surface area contributed by atoms with Crippen molar-refractivity contribution in [1.29, 1.82) is 0 Å². The number of rotatable bonds is 6. The summed E-state index contributed by atoms with van der Waals surface area (Å²) in [5, 5.41) is 11.8. The Morgan fingerprint density at radius 2 is 1.88 bits per heavy atom. The molecule has 0 atom stereocenters. The Kier molecular flexibility index (Phi) is 6.67. The van der Waals surface area contributed by atoms with Crippen molar-refractivity contribution in [2.75, 3.05) is 13.1 Å². The number of hydrogen-bond acceptors (Lipinski definition) is 3. The van der Waals surface area contributed by atoms with E-state index in [4.69, 9.17) is 5.21 Å². The molecule has 0 bridgehead atoms. The van der Waals surface area contributed by atoms with E-state index in [9.17, 15) is 4.79 Å². The number of likely N-dealkylation sites (tertiary alicyclic amines) is 1. The fraction of sp³-hybridized carbons (Fsp3) is 0.846. The van der Waals surface area contributed by atoms with Crippen LogP contribution in [0, 0.1) is 0 Å². The van der Waals surface area contributed by atoms with E-state index in [-0.39, 0.29) is 5.91 Å². The molecule has 0 aromatic rings. The van der Waals surface area contributed by atoms with Crippen LogP contribution < -0.4 is 0 Å². The lowest BCUT2D eigenvalue weighted by Crippen LogP contribution is -2.38. The minimum absolute atomic E-state index is 0.262. The number of carbonyl (C=O) groups excluding carboxylic acids is 1. The third kappa shape index (κ3) is 5.20. The molecule has 1 saturated heterocycles. The van der Waals surface area contributed by atoms with Gasteiger partial charge in [0.1, 0.15) is 0 Å². The van der Waals surface area contributed by atoms with E-state index < -0.39 is 0 Å². The van der Waals surface area contributed by atoms with E-state index in [1.54, 1.807) is 0 Å². The van der Waals surface area contributed by atoms with Gasteiger partial charge in [-0.25, -0.2) is 0 Å². The first-order valence-electron chi connectivity index (χ1n) is 6.75. The number of hydrogen-bond donors (Lipinski definition) is 1. The zero-order valence-electron chi connectivity index (χ0n) is 10.8. The molecule has 1 heterocycles. The topological polar surface area (TPSA) is 52.9 Å². The highest BCUT2D eigenvalue weighted by Gasteiger charge is 2.19. The van der Waals surface area contributed by atoms with Gasteiger partial charge in [-0.3, -0.25) is 4.79 Å². The largest absolute Gasteiger partial charge is 0.411 e. The van der Waals surface area contributed by atoms with Crippen LogP contribution in [0.1, 0.15) is 58.3 Å². The van der Waals surface area contributed by atoms with Crippen molar-refractivity contribution in [3.05, 3.63) is 0 Å². The Morgan fingerprint density at radius 1 is 1.24 bits per heavy atom.